The molecule has 1 aromatic rings. The van der Waals surface area contributed by atoms with E-state index >= 15 is 0 Å². The van der Waals surface area contributed by atoms with Crippen molar-refractivity contribution in [3.05, 3.63) is 29.3 Å². The molecule has 1 aromatic carbocycles. The maximum atomic E-state index is 6.15. The van der Waals surface area contributed by atoms with Crippen LogP contribution in [-0.2, 0) is 6.54 Å². The van der Waals surface area contributed by atoms with Crippen molar-refractivity contribution in [1.29, 1.82) is 0 Å². The van der Waals surface area contributed by atoms with Gasteiger partial charge in [-0.3, -0.25) is 4.90 Å². The van der Waals surface area contributed by atoms with E-state index in [-0.39, 0.29) is 6.04 Å². The summed E-state index contributed by atoms with van der Waals surface area (Å²) in [7, 11) is 0. The maximum Gasteiger partial charge on any atom is 0.128 e. The molecule has 0 saturated carbocycles. The number of para-hydroxylation sites is 1. The van der Waals surface area contributed by atoms with Crippen molar-refractivity contribution >= 4 is 0 Å². The molecule has 0 bridgehead atoms. The van der Waals surface area contributed by atoms with Gasteiger partial charge in [0.1, 0.15) is 5.75 Å². The first-order valence-electron chi connectivity index (χ1n) is 7.07. The van der Waals surface area contributed by atoms with Crippen LogP contribution in [0.1, 0.15) is 42.9 Å². The molecule has 2 N–H and O–H groups in total. The highest BCUT2D eigenvalue weighted by molar-refractivity contribution is 5.44. The molecule has 0 unspecified atom stereocenters. The average molecular weight is 246 g/mol. The molecule has 0 aliphatic carbocycles. The lowest BCUT2D eigenvalue weighted by molar-refractivity contribution is 0.211. The van der Waals surface area contributed by atoms with Gasteiger partial charge in [-0.05, 0) is 25.9 Å². The van der Waals surface area contributed by atoms with E-state index < -0.39 is 0 Å². The lowest BCUT2D eigenvalue weighted by Gasteiger charge is -2.30. The Bertz CT molecular complexity index is 413. The van der Waals surface area contributed by atoms with Gasteiger partial charge in [0.15, 0.2) is 0 Å². The van der Waals surface area contributed by atoms with E-state index in [1.54, 1.807) is 0 Å². The third-order valence-electron chi connectivity index (χ3n) is 4.04. The van der Waals surface area contributed by atoms with Crippen LogP contribution in [0.2, 0.25) is 0 Å². The molecular formula is C15H22N2O. The number of likely N-dealkylation sites (tertiary alicyclic amines) is 1. The number of nitrogens with two attached hydrogens (primary N) is 1. The van der Waals surface area contributed by atoms with Crippen LogP contribution in [-0.4, -0.2) is 24.6 Å². The van der Waals surface area contributed by atoms with Crippen LogP contribution in [0.3, 0.4) is 0 Å². The molecule has 1 fully saturated rings. The van der Waals surface area contributed by atoms with Gasteiger partial charge in [0, 0.05) is 30.1 Å². The zero-order chi connectivity index (χ0) is 12.4. The second-order valence-corrected chi connectivity index (χ2v) is 5.42. The summed E-state index contributed by atoms with van der Waals surface area (Å²) >= 11 is 0. The molecule has 1 saturated heterocycles. The molecule has 3 nitrogen and oxygen atoms in total. The van der Waals surface area contributed by atoms with Gasteiger partial charge in [0.2, 0.25) is 0 Å². The molecule has 3 rings (SSSR count). The number of hydrogen-bond donors (Lipinski definition) is 1. The van der Waals surface area contributed by atoms with Crippen molar-refractivity contribution in [2.24, 2.45) is 5.73 Å². The van der Waals surface area contributed by atoms with Crippen molar-refractivity contribution < 1.29 is 4.74 Å². The highest BCUT2D eigenvalue weighted by atomic mass is 16.5. The molecule has 0 aromatic heterocycles. The minimum Gasteiger partial charge on any atom is -0.493 e. The number of hydrogen-bond acceptors (Lipinski definition) is 3. The first-order valence-corrected chi connectivity index (χ1v) is 7.07. The molecule has 0 radical (unpaired) electrons. The van der Waals surface area contributed by atoms with Crippen molar-refractivity contribution in [2.45, 2.75) is 38.3 Å². The molecule has 2 aliphatic rings. The summed E-state index contributed by atoms with van der Waals surface area (Å²) in [6, 6.07) is 6.56. The Hall–Kier alpha value is -1.06. The minimum atomic E-state index is 0.148. The topological polar surface area (TPSA) is 38.5 Å². The second-order valence-electron chi connectivity index (χ2n) is 5.42. The van der Waals surface area contributed by atoms with Gasteiger partial charge >= 0.3 is 0 Å². The fourth-order valence-electron chi connectivity index (χ4n) is 3.00. The third kappa shape index (κ3) is 2.38. The molecule has 98 valence electrons. The predicted molar refractivity (Wildman–Crippen MR) is 72.6 cm³/mol. The summed E-state index contributed by atoms with van der Waals surface area (Å²) < 4.78 is 5.86. The van der Waals surface area contributed by atoms with E-state index in [0.717, 1.165) is 25.3 Å². The van der Waals surface area contributed by atoms with Gasteiger partial charge < -0.3 is 10.5 Å². The van der Waals surface area contributed by atoms with Crippen LogP contribution in [0.25, 0.3) is 0 Å². The van der Waals surface area contributed by atoms with Crippen molar-refractivity contribution in [3.63, 3.8) is 0 Å². The quantitative estimate of drug-likeness (QED) is 0.871. The Morgan fingerprint density at radius 2 is 2.06 bits per heavy atom. The Kier molecular flexibility index (Phi) is 3.52. The Labute approximate surface area is 109 Å². The fraction of sp³-hybridized carbons (Fsp3) is 0.600. The zero-order valence-corrected chi connectivity index (χ0v) is 10.9. The van der Waals surface area contributed by atoms with Gasteiger partial charge in [-0.2, -0.15) is 0 Å². The van der Waals surface area contributed by atoms with Crippen LogP contribution >= 0.6 is 0 Å². The molecule has 2 heterocycles. The van der Waals surface area contributed by atoms with Crippen LogP contribution < -0.4 is 10.5 Å². The number of rotatable bonds is 2. The zero-order valence-electron chi connectivity index (χ0n) is 10.9. The van der Waals surface area contributed by atoms with Crippen molar-refractivity contribution in [3.8, 4) is 5.75 Å². The van der Waals surface area contributed by atoms with Crippen LogP contribution in [0.4, 0.5) is 0 Å². The lowest BCUT2D eigenvalue weighted by Crippen LogP contribution is -2.30. The minimum absolute atomic E-state index is 0.148. The molecule has 2 aliphatic heterocycles. The number of fused-ring (bicyclic) bond motifs is 1. The summed E-state index contributed by atoms with van der Waals surface area (Å²) in [6.07, 6.45) is 4.97. The van der Waals surface area contributed by atoms with E-state index in [1.807, 2.05) is 0 Å². The molecule has 18 heavy (non-hydrogen) atoms. The summed E-state index contributed by atoms with van der Waals surface area (Å²) in [6.45, 7) is 4.20. The highest BCUT2D eigenvalue weighted by Gasteiger charge is 2.21. The number of benzene rings is 1. The first-order chi connectivity index (χ1) is 8.84. The lowest BCUT2D eigenvalue weighted by atomic mass is 9.98. The second kappa shape index (κ2) is 5.29. The van der Waals surface area contributed by atoms with E-state index in [9.17, 15) is 0 Å². The third-order valence-corrected chi connectivity index (χ3v) is 4.04. The summed E-state index contributed by atoms with van der Waals surface area (Å²) in [4.78, 5) is 2.53. The Morgan fingerprint density at radius 1 is 1.22 bits per heavy atom. The fourth-order valence-corrected chi connectivity index (χ4v) is 3.00. The predicted octanol–water partition coefficient (Wildman–Crippen LogP) is 2.45. The van der Waals surface area contributed by atoms with Crippen LogP contribution in [0.5, 0.6) is 5.75 Å². The van der Waals surface area contributed by atoms with E-state index in [4.69, 9.17) is 10.5 Å². The molecule has 0 amide bonds. The first kappa shape index (κ1) is 12.0. The monoisotopic (exact) mass is 246 g/mol. The van der Waals surface area contributed by atoms with Gasteiger partial charge in [-0.15, -0.1) is 0 Å². The van der Waals surface area contributed by atoms with Gasteiger partial charge in [0.05, 0.1) is 6.61 Å². The standard InChI is InChI=1S/C15H22N2O/c16-14-7-10-18-15-12(5-4-6-13(14)15)11-17-8-2-1-3-9-17/h4-6,14H,1-3,7-11,16H2/t14-/m1/s1. The Morgan fingerprint density at radius 3 is 2.89 bits per heavy atom. The largest absolute Gasteiger partial charge is 0.493 e. The molecule has 3 heteroatoms. The Balaban J connectivity index is 1.81. The SMILES string of the molecule is N[C@@H]1CCOc2c(CN3CCCCC3)cccc21. The van der Waals surface area contributed by atoms with Crippen LogP contribution in [0.15, 0.2) is 18.2 Å². The summed E-state index contributed by atoms with van der Waals surface area (Å²) in [5.74, 6) is 1.06. The average Bonchev–Trinajstić information content (AvgIpc) is 2.41. The van der Waals surface area contributed by atoms with Crippen LogP contribution in [0, 0.1) is 0 Å². The van der Waals surface area contributed by atoms with E-state index in [2.05, 4.69) is 23.1 Å². The van der Waals surface area contributed by atoms with Gasteiger partial charge in [-0.1, -0.05) is 24.6 Å². The molecule has 0 spiro atoms. The maximum absolute atomic E-state index is 6.15. The van der Waals surface area contributed by atoms with Gasteiger partial charge in [0.25, 0.3) is 0 Å². The molecular weight excluding hydrogens is 224 g/mol. The summed E-state index contributed by atoms with van der Waals surface area (Å²) in [5.41, 5.74) is 8.66. The van der Waals surface area contributed by atoms with Crippen molar-refractivity contribution in [2.75, 3.05) is 19.7 Å². The molecule has 1 atom stereocenters. The smallest absolute Gasteiger partial charge is 0.128 e. The number of nitrogens with zero attached hydrogens (tertiary/aromatic N) is 1. The van der Waals surface area contributed by atoms with Gasteiger partial charge in [-0.25, -0.2) is 0 Å². The summed E-state index contributed by atoms with van der Waals surface area (Å²) in [5, 5.41) is 0. The number of piperidine rings is 1. The highest BCUT2D eigenvalue weighted by Crippen LogP contribution is 2.34. The number of ether oxygens (including phenoxy) is 1. The van der Waals surface area contributed by atoms with E-state index in [0.29, 0.717) is 0 Å². The normalized spacial score (nSPS) is 24.4. The van der Waals surface area contributed by atoms with E-state index in [1.165, 1.54) is 43.5 Å². The van der Waals surface area contributed by atoms with Crippen molar-refractivity contribution in [1.82, 2.24) is 4.90 Å².